The first-order chi connectivity index (χ1) is 9.19. The van der Waals surface area contributed by atoms with Gasteiger partial charge in [-0.3, -0.25) is 4.79 Å². The lowest BCUT2D eigenvalue weighted by Crippen LogP contribution is -1.98. The number of hydrogen-bond acceptors (Lipinski definition) is 3. The van der Waals surface area contributed by atoms with Crippen LogP contribution in [0, 0.1) is 6.92 Å². The van der Waals surface area contributed by atoms with Crippen molar-refractivity contribution in [3.8, 4) is 17.0 Å². The van der Waals surface area contributed by atoms with Crippen molar-refractivity contribution in [1.82, 2.24) is 4.98 Å². The Morgan fingerprint density at radius 1 is 1.32 bits per heavy atom. The van der Waals surface area contributed by atoms with Gasteiger partial charge in [-0.25, -0.2) is 4.98 Å². The third-order valence-corrected chi connectivity index (χ3v) is 3.16. The van der Waals surface area contributed by atoms with Crippen LogP contribution in [0.2, 0.25) is 0 Å². The molecule has 3 heteroatoms. The highest BCUT2D eigenvalue weighted by atomic mass is 16.5. The first-order valence-corrected chi connectivity index (χ1v) is 6.29. The second kappa shape index (κ2) is 5.65. The van der Waals surface area contributed by atoms with Gasteiger partial charge in [0, 0.05) is 22.4 Å². The molecule has 1 heterocycles. The quantitative estimate of drug-likeness (QED) is 0.786. The van der Waals surface area contributed by atoms with Gasteiger partial charge in [-0.05, 0) is 31.0 Å². The van der Waals surface area contributed by atoms with Crippen LogP contribution in [0.3, 0.4) is 0 Å². The summed E-state index contributed by atoms with van der Waals surface area (Å²) in [4.78, 5) is 15.3. The second-order valence-corrected chi connectivity index (χ2v) is 4.39. The average Bonchev–Trinajstić information content (AvgIpc) is 2.46. The summed E-state index contributed by atoms with van der Waals surface area (Å²) in [5.74, 6) is 0.676. The third-order valence-electron chi connectivity index (χ3n) is 3.16. The van der Waals surface area contributed by atoms with Gasteiger partial charge < -0.3 is 4.74 Å². The first kappa shape index (κ1) is 13.3. The summed E-state index contributed by atoms with van der Waals surface area (Å²) in [5, 5.41) is 0. The fourth-order valence-electron chi connectivity index (χ4n) is 2.13. The first-order valence-electron chi connectivity index (χ1n) is 6.29. The lowest BCUT2D eigenvalue weighted by molar-refractivity contribution is 0.112. The lowest BCUT2D eigenvalue weighted by Gasteiger charge is -2.12. The molecule has 0 N–H and O–H groups in total. The van der Waals surface area contributed by atoms with Gasteiger partial charge in [0.15, 0.2) is 0 Å². The van der Waals surface area contributed by atoms with E-state index < -0.39 is 0 Å². The van der Waals surface area contributed by atoms with Gasteiger partial charge >= 0.3 is 0 Å². The number of rotatable bonds is 4. The van der Waals surface area contributed by atoms with Crippen LogP contribution in [0.5, 0.6) is 5.88 Å². The molecule has 0 amide bonds. The Morgan fingerprint density at radius 3 is 2.74 bits per heavy atom. The maximum Gasteiger partial charge on any atom is 0.216 e. The minimum atomic E-state index is 0.672. The molecular formula is C16H17NO2. The van der Waals surface area contributed by atoms with E-state index in [0.29, 0.717) is 11.4 Å². The zero-order valence-corrected chi connectivity index (χ0v) is 11.4. The SMILES string of the molecule is CCc1cc(-c2cccc(C=O)c2)c(C)nc1OC. The summed E-state index contributed by atoms with van der Waals surface area (Å²) < 4.78 is 5.29. The van der Waals surface area contributed by atoms with Crippen LogP contribution in [0.1, 0.15) is 28.5 Å². The fourth-order valence-corrected chi connectivity index (χ4v) is 2.13. The molecule has 98 valence electrons. The molecule has 0 saturated carbocycles. The summed E-state index contributed by atoms with van der Waals surface area (Å²) in [7, 11) is 1.63. The van der Waals surface area contributed by atoms with E-state index in [-0.39, 0.29) is 0 Å². The molecular weight excluding hydrogens is 238 g/mol. The molecule has 0 spiro atoms. The standard InChI is InChI=1S/C16H17NO2/c1-4-13-9-15(11(2)17-16(13)19-3)14-7-5-6-12(8-14)10-18/h5-10H,4H2,1-3H3. The van der Waals surface area contributed by atoms with Crippen LogP contribution in [0.4, 0.5) is 0 Å². The number of benzene rings is 1. The van der Waals surface area contributed by atoms with Crippen LogP contribution < -0.4 is 4.74 Å². The molecule has 1 aromatic heterocycles. The number of nitrogens with zero attached hydrogens (tertiary/aromatic N) is 1. The molecule has 0 aliphatic heterocycles. The summed E-state index contributed by atoms with van der Waals surface area (Å²) >= 11 is 0. The smallest absolute Gasteiger partial charge is 0.216 e. The van der Waals surface area contributed by atoms with Crippen LogP contribution in [-0.4, -0.2) is 18.4 Å². The Morgan fingerprint density at radius 2 is 2.11 bits per heavy atom. The number of ether oxygens (including phenoxy) is 1. The largest absolute Gasteiger partial charge is 0.481 e. The number of pyridine rings is 1. The van der Waals surface area contributed by atoms with Gasteiger partial charge in [0.05, 0.1) is 7.11 Å². The van der Waals surface area contributed by atoms with Gasteiger partial charge in [-0.2, -0.15) is 0 Å². The van der Waals surface area contributed by atoms with E-state index in [0.717, 1.165) is 35.1 Å². The molecule has 0 saturated heterocycles. The van der Waals surface area contributed by atoms with Crippen LogP contribution >= 0.6 is 0 Å². The van der Waals surface area contributed by atoms with Crippen LogP contribution in [0.15, 0.2) is 30.3 Å². The molecule has 19 heavy (non-hydrogen) atoms. The van der Waals surface area contributed by atoms with E-state index >= 15 is 0 Å². The van der Waals surface area contributed by atoms with Crippen molar-refractivity contribution in [3.63, 3.8) is 0 Å². The van der Waals surface area contributed by atoms with E-state index in [9.17, 15) is 4.79 Å². The minimum Gasteiger partial charge on any atom is -0.481 e. The normalized spacial score (nSPS) is 10.3. The topological polar surface area (TPSA) is 39.2 Å². The van der Waals surface area contributed by atoms with Gasteiger partial charge in [-0.15, -0.1) is 0 Å². The molecule has 2 rings (SSSR count). The Kier molecular flexibility index (Phi) is 3.95. The number of aldehydes is 1. The summed E-state index contributed by atoms with van der Waals surface area (Å²) in [6.07, 6.45) is 1.72. The zero-order valence-electron chi connectivity index (χ0n) is 11.4. The Bertz CT molecular complexity index is 606. The zero-order chi connectivity index (χ0) is 13.8. The number of aryl methyl sites for hydroxylation is 2. The van der Waals surface area contributed by atoms with E-state index in [2.05, 4.69) is 18.0 Å². The van der Waals surface area contributed by atoms with E-state index in [4.69, 9.17) is 4.74 Å². The predicted octanol–water partition coefficient (Wildman–Crippen LogP) is 3.44. The predicted molar refractivity (Wildman–Crippen MR) is 75.7 cm³/mol. The average molecular weight is 255 g/mol. The van der Waals surface area contributed by atoms with E-state index in [1.807, 2.05) is 25.1 Å². The highest BCUT2D eigenvalue weighted by Gasteiger charge is 2.10. The van der Waals surface area contributed by atoms with Crippen molar-refractivity contribution in [2.24, 2.45) is 0 Å². The monoisotopic (exact) mass is 255 g/mol. The Balaban J connectivity index is 2.57. The highest BCUT2D eigenvalue weighted by Crippen LogP contribution is 2.28. The molecule has 0 fully saturated rings. The third kappa shape index (κ3) is 2.65. The molecule has 0 aliphatic rings. The molecule has 0 aliphatic carbocycles. The number of methoxy groups -OCH3 is 1. The minimum absolute atomic E-state index is 0.672. The van der Waals surface area contributed by atoms with E-state index in [1.54, 1.807) is 13.2 Å². The lowest BCUT2D eigenvalue weighted by atomic mass is 10.00. The molecule has 0 bridgehead atoms. The summed E-state index contributed by atoms with van der Waals surface area (Å²) in [6, 6.07) is 9.63. The van der Waals surface area contributed by atoms with Crippen molar-refractivity contribution in [3.05, 3.63) is 47.2 Å². The van der Waals surface area contributed by atoms with Crippen molar-refractivity contribution in [1.29, 1.82) is 0 Å². The Labute approximate surface area is 113 Å². The molecule has 0 unspecified atom stereocenters. The molecule has 1 aromatic carbocycles. The summed E-state index contributed by atoms with van der Waals surface area (Å²) in [6.45, 7) is 4.02. The number of carbonyl (C=O) groups excluding carboxylic acids is 1. The van der Waals surface area contributed by atoms with Gasteiger partial charge in [0.25, 0.3) is 0 Å². The number of carbonyl (C=O) groups is 1. The summed E-state index contributed by atoms with van der Waals surface area (Å²) in [5.41, 5.74) is 4.69. The van der Waals surface area contributed by atoms with Crippen LogP contribution in [-0.2, 0) is 6.42 Å². The molecule has 0 atom stereocenters. The van der Waals surface area contributed by atoms with Crippen molar-refractivity contribution >= 4 is 6.29 Å². The molecule has 2 aromatic rings. The van der Waals surface area contributed by atoms with Gasteiger partial charge in [0.2, 0.25) is 5.88 Å². The van der Waals surface area contributed by atoms with Crippen LogP contribution in [0.25, 0.3) is 11.1 Å². The number of aromatic nitrogens is 1. The van der Waals surface area contributed by atoms with Gasteiger partial charge in [0.1, 0.15) is 6.29 Å². The number of hydrogen-bond donors (Lipinski definition) is 0. The molecule has 3 nitrogen and oxygen atoms in total. The fraction of sp³-hybridized carbons (Fsp3) is 0.250. The van der Waals surface area contributed by atoms with Crippen molar-refractivity contribution in [2.45, 2.75) is 20.3 Å². The Hall–Kier alpha value is -2.16. The van der Waals surface area contributed by atoms with Gasteiger partial charge in [-0.1, -0.05) is 25.1 Å². The second-order valence-electron chi connectivity index (χ2n) is 4.39. The van der Waals surface area contributed by atoms with Crippen molar-refractivity contribution in [2.75, 3.05) is 7.11 Å². The maximum atomic E-state index is 10.9. The maximum absolute atomic E-state index is 10.9. The molecule has 0 radical (unpaired) electrons. The van der Waals surface area contributed by atoms with Crippen molar-refractivity contribution < 1.29 is 9.53 Å². The highest BCUT2D eigenvalue weighted by molar-refractivity contribution is 5.79. The van der Waals surface area contributed by atoms with E-state index in [1.165, 1.54) is 0 Å².